The van der Waals surface area contributed by atoms with Gasteiger partial charge in [0.05, 0.1) is 0 Å². The average Bonchev–Trinajstić information content (AvgIpc) is 3.07. The Labute approximate surface area is 246 Å². The average molecular weight is 533 g/mol. The van der Waals surface area contributed by atoms with Gasteiger partial charge in [-0.15, -0.1) is 0 Å². The lowest BCUT2D eigenvalue weighted by Crippen LogP contribution is -1.92. The molecular weight excluding hydrogens is 504 g/mol. The molecule has 0 aromatic heterocycles. The molecule has 0 spiro atoms. The van der Waals surface area contributed by atoms with Gasteiger partial charge in [-0.05, 0) is 89.0 Å². The van der Waals surface area contributed by atoms with E-state index >= 15 is 0 Å². The summed E-state index contributed by atoms with van der Waals surface area (Å²) in [5.41, 5.74) is 10.0. The van der Waals surface area contributed by atoms with Crippen LogP contribution in [0.4, 0.5) is 0 Å². The number of hydrogen-bond acceptors (Lipinski definition) is 0. The molecule has 0 radical (unpaired) electrons. The highest BCUT2D eigenvalue weighted by molar-refractivity contribution is 6.23. The standard InChI is InChI=1S/C42H28/c1-3-13-29(14-4-1)31-17-11-19-34(28-31)41-37-20-7-9-22-39(37)42(40-23-10-8-21-38(40)41)36-24-12-18-33-27-32(25-26-35(33)36)30-15-5-2-6-16-30/h1-28H. The Hall–Kier alpha value is -5.46. The SMILES string of the molecule is c1ccc(-c2cccc(-c3c4ccccc4c(-c4cccc5cc(-c6ccccc6)ccc45)c4ccccc34)c2)cc1. The van der Waals surface area contributed by atoms with E-state index in [-0.39, 0.29) is 0 Å². The van der Waals surface area contributed by atoms with Crippen molar-refractivity contribution in [1.82, 2.24) is 0 Å². The van der Waals surface area contributed by atoms with E-state index in [0.29, 0.717) is 0 Å². The van der Waals surface area contributed by atoms with E-state index in [1.54, 1.807) is 0 Å². The number of rotatable bonds is 4. The molecule has 196 valence electrons. The second-order valence-electron chi connectivity index (χ2n) is 10.9. The van der Waals surface area contributed by atoms with Crippen molar-refractivity contribution in [2.24, 2.45) is 0 Å². The summed E-state index contributed by atoms with van der Waals surface area (Å²) < 4.78 is 0. The predicted octanol–water partition coefficient (Wildman–Crippen LogP) is 11.8. The van der Waals surface area contributed by atoms with E-state index < -0.39 is 0 Å². The Morgan fingerprint density at radius 3 is 1.33 bits per heavy atom. The largest absolute Gasteiger partial charge is 0.0622 e. The summed E-state index contributed by atoms with van der Waals surface area (Å²) in [5.74, 6) is 0. The van der Waals surface area contributed by atoms with Gasteiger partial charge in [-0.1, -0.05) is 158 Å². The van der Waals surface area contributed by atoms with Crippen LogP contribution in [0.1, 0.15) is 0 Å². The van der Waals surface area contributed by atoms with E-state index in [4.69, 9.17) is 0 Å². The fraction of sp³-hybridized carbons (Fsp3) is 0. The summed E-state index contributed by atoms with van der Waals surface area (Å²) in [4.78, 5) is 0. The molecular formula is C42H28. The minimum Gasteiger partial charge on any atom is -0.0622 e. The fourth-order valence-corrected chi connectivity index (χ4v) is 6.53. The van der Waals surface area contributed by atoms with Crippen molar-refractivity contribution in [2.45, 2.75) is 0 Å². The van der Waals surface area contributed by atoms with Crippen LogP contribution in [0.25, 0.3) is 76.8 Å². The molecule has 8 rings (SSSR count). The van der Waals surface area contributed by atoms with Crippen molar-refractivity contribution in [2.75, 3.05) is 0 Å². The lowest BCUT2D eigenvalue weighted by Gasteiger charge is -2.19. The monoisotopic (exact) mass is 532 g/mol. The molecule has 0 saturated carbocycles. The van der Waals surface area contributed by atoms with Crippen molar-refractivity contribution < 1.29 is 0 Å². The summed E-state index contributed by atoms with van der Waals surface area (Å²) in [7, 11) is 0. The molecule has 0 fully saturated rings. The van der Waals surface area contributed by atoms with Gasteiger partial charge < -0.3 is 0 Å². The van der Waals surface area contributed by atoms with Crippen molar-refractivity contribution in [3.8, 4) is 44.5 Å². The Bertz CT molecular complexity index is 2170. The first-order valence-electron chi connectivity index (χ1n) is 14.5. The van der Waals surface area contributed by atoms with Gasteiger partial charge in [0, 0.05) is 0 Å². The van der Waals surface area contributed by atoms with E-state index in [1.165, 1.54) is 76.8 Å². The lowest BCUT2D eigenvalue weighted by molar-refractivity contribution is 1.61. The Morgan fingerprint density at radius 2 is 0.714 bits per heavy atom. The summed E-state index contributed by atoms with van der Waals surface area (Å²) in [6, 6.07) is 61.7. The molecule has 42 heavy (non-hydrogen) atoms. The second kappa shape index (κ2) is 10.2. The van der Waals surface area contributed by atoms with Crippen LogP contribution in [-0.2, 0) is 0 Å². The zero-order valence-electron chi connectivity index (χ0n) is 23.2. The van der Waals surface area contributed by atoms with Crippen LogP contribution >= 0.6 is 0 Å². The highest BCUT2D eigenvalue weighted by Crippen LogP contribution is 2.45. The minimum atomic E-state index is 1.23. The maximum Gasteiger partial charge on any atom is -0.00201 e. The molecule has 0 aliphatic carbocycles. The maximum atomic E-state index is 2.34. The first-order valence-corrected chi connectivity index (χ1v) is 14.5. The van der Waals surface area contributed by atoms with E-state index in [2.05, 4.69) is 170 Å². The van der Waals surface area contributed by atoms with Crippen LogP contribution in [0.2, 0.25) is 0 Å². The lowest BCUT2D eigenvalue weighted by atomic mass is 9.84. The van der Waals surface area contributed by atoms with Gasteiger partial charge in [0.2, 0.25) is 0 Å². The van der Waals surface area contributed by atoms with Crippen molar-refractivity contribution in [1.29, 1.82) is 0 Å². The first kappa shape index (κ1) is 24.3. The Morgan fingerprint density at radius 1 is 0.238 bits per heavy atom. The third-order valence-electron chi connectivity index (χ3n) is 8.45. The number of fused-ring (bicyclic) bond motifs is 3. The normalized spacial score (nSPS) is 11.3. The summed E-state index contributed by atoms with van der Waals surface area (Å²) in [6.45, 7) is 0. The van der Waals surface area contributed by atoms with Gasteiger partial charge in [-0.25, -0.2) is 0 Å². The van der Waals surface area contributed by atoms with Crippen molar-refractivity contribution in [3.05, 3.63) is 170 Å². The highest BCUT2D eigenvalue weighted by Gasteiger charge is 2.18. The molecule has 0 unspecified atom stereocenters. The minimum absolute atomic E-state index is 1.23. The topological polar surface area (TPSA) is 0 Å². The molecule has 0 aliphatic heterocycles. The summed E-state index contributed by atoms with van der Waals surface area (Å²) in [6.07, 6.45) is 0. The Kier molecular flexibility index (Phi) is 5.90. The van der Waals surface area contributed by atoms with E-state index in [1.807, 2.05) is 0 Å². The zero-order valence-corrected chi connectivity index (χ0v) is 23.2. The van der Waals surface area contributed by atoms with Gasteiger partial charge in [-0.2, -0.15) is 0 Å². The van der Waals surface area contributed by atoms with Crippen LogP contribution < -0.4 is 0 Å². The molecule has 0 aliphatic rings. The van der Waals surface area contributed by atoms with Gasteiger partial charge in [0.25, 0.3) is 0 Å². The van der Waals surface area contributed by atoms with Gasteiger partial charge in [0.1, 0.15) is 0 Å². The van der Waals surface area contributed by atoms with Gasteiger partial charge in [-0.3, -0.25) is 0 Å². The first-order chi connectivity index (χ1) is 20.8. The predicted molar refractivity (Wildman–Crippen MR) is 181 cm³/mol. The van der Waals surface area contributed by atoms with Crippen molar-refractivity contribution in [3.63, 3.8) is 0 Å². The molecule has 0 atom stereocenters. The van der Waals surface area contributed by atoms with E-state index in [9.17, 15) is 0 Å². The van der Waals surface area contributed by atoms with E-state index in [0.717, 1.165) is 0 Å². The zero-order chi connectivity index (χ0) is 27.9. The third kappa shape index (κ3) is 4.08. The molecule has 8 aromatic carbocycles. The molecule has 8 aromatic rings. The molecule has 0 bridgehead atoms. The number of hydrogen-bond donors (Lipinski definition) is 0. The summed E-state index contributed by atoms with van der Waals surface area (Å²) in [5, 5.41) is 7.61. The second-order valence-corrected chi connectivity index (χ2v) is 10.9. The van der Waals surface area contributed by atoms with Gasteiger partial charge in [0.15, 0.2) is 0 Å². The molecule has 0 saturated heterocycles. The van der Waals surface area contributed by atoms with Crippen LogP contribution in [0.15, 0.2) is 170 Å². The highest BCUT2D eigenvalue weighted by atomic mass is 14.2. The van der Waals surface area contributed by atoms with Crippen LogP contribution in [0.5, 0.6) is 0 Å². The number of benzene rings is 8. The Balaban J connectivity index is 1.40. The van der Waals surface area contributed by atoms with Crippen LogP contribution in [0.3, 0.4) is 0 Å². The molecule has 0 amide bonds. The van der Waals surface area contributed by atoms with Crippen LogP contribution in [0, 0.1) is 0 Å². The van der Waals surface area contributed by atoms with Crippen LogP contribution in [-0.4, -0.2) is 0 Å². The molecule has 0 heteroatoms. The fourth-order valence-electron chi connectivity index (χ4n) is 6.53. The molecule has 0 N–H and O–H groups in total. The maximum absolute atomic E-state index is 2.34. The third-order valence-corrected chi connectivity index (χ3v) is 8.45. The van der Waals surface area contributed by atoms with Crippen molar-refractivity contribution >= 4 is 32.3 Å². The molecule has 0 heterocycles. The molecule has 0 nitrogen and oxygen atoms in total. The summed E-state index contributed by atoms with van der Waals surface area (Å²) >= 11 is 0. The quantitative estimate of drug-likeness (QED) is 0.198. The van der Waals surface area contributed by atoms with Gasteiger partial charge >= 0.3 is 0 Å². The smallest absolute Gasteiger partial charge is 0.00201 e.